The SMILES string of the molecule is CCC(=O)N(C)C1COC1C. The first-order chi connectivity index (χ1) is 5.16. The van der Waals surface area contributed by atoms with E-state index in [2.05, 4.69) is 0 Å². The van der Waals surface area contributed by atoms with Crippen molar-refractivity contribution in [2.24, 2.45) is 0 Å². The maximum Gasteiger partial charge on any atom is 0.222 e. The number of hydrogen-bond donors (Lipinski definition) is 0. The van der Waals surface area contributed by atoms with Crippen molar-refractivity contribution in [3.05, 3.63) is 0 Å². The van der Waals surface area contributed by atoms with E-state index in [0.717, 1.165) is 0 Å². The lowest BCUT2D eigenvalue weighted by Gasteiger charge is -2.40. The van der Waals surface area contributed by atoms with Crippen molar-refractivity contribution in [3.63, 3.8) is 0 Å². The van der Waals surface area contributed by atoms with Gasteiger partial charge in [-0.25, -0.2) is 0 Å². The van der Waals surface area contributed by atoms with Crippen LogP contribution in [0.4, 0.5) is 0 Å². The molecule has 1 rings (SSSR count). The Morgan fingerprint density at radius 2 is 2.36 bits per heavy atom. The average Bonchev–Trinajstić information content (AvgIpc) is 2.00. The third kappa shape index (κ3) is 1.53. The molecule has 2 atom stereocenters. The number of carbonyl (C=O) groups is 1. The van der Waals surface area contributed by atoms with Crippen LogP contribution in [-0.4, -0.2) is 36.6 Å². The van der Waals surface area contributed by atoms with Crippen molar-refractivity contribution in [2.45, 2.75) is 32.4 Å². The predicted molar refractivity (Wildman–Crippen MR) is 42.3 cm³/mol. The molecular formula is C8H15NO2. The van der Waals surface area contributed by atoms with Gasteiger partial charge in [-0.1, -0.05) is 6.92 Å². The highest BCUT2D eigenvalue weighted by atomic mass is 16.5. The first-order valence-corrected chi connectivity index (χ1v) is 4.04. The van der Waals surface area contributed by atoms with E-state index < -0.39 is 0 Å². The van der Waals surface area contributed by atoms with Crippen LogP contribution in [0.1, 0.15) is 20.3 Å². The summed E-state index contributed by atoms with van der Waals surface area (Å²) in [5.41, 5.74) is 0. The van der Waals surface area contributed by atoms with Crippen molar-refractivity contribution in [1.29, 1.82) is 0 Å². The standard InChI is InChI=1S/C8H15NO2/c1-4-8(10)9(3)7-5-11-6(7)2/h6-7H,4-5H2,1-3H3. The first kappa shape index (κ1) is 8.53. The molecule has 1 aliphatic rings. The summed E-state index contributed by atoms with van der Waals surface area (Å²) in [6, 6.07) is 0.308. The van der Waals surface area contributed by atoms with Gasteiger partial charge in [0.05, 0.1) is 18.8 Å². The van der Waals surface area contributed by atoms with Gasteiger partial charge in [0, 0.05) is 13.5 Å². The second-order valence-corrected chi connectivity index (χ2v) is 2.96. The summed E-state index contributed by atoms with van der Waals surface area (Å²) in [5.74, 6) is 0.199. The fraction of sp³-hybridized carbons (Fsp3) is 0.875. The van der Waals surface area contributed by atoms with Crippen LogP contribution in [0.3, 0.4) is 0 Å². The number of nitrogens with zero attached hydrogens (tertiary/aromatic N) is 1. The quantitative estimate of drug-likeness (QED) is 0.588. The lowest BCUT2D eigenvalue weighted by molar-refractivity contribution is -0.153. The molecule has 1 amide bonds. The Kier molecular flexibility index (Phi) is 2.49. The van der Waals surface area contributed by atoms with Gasteiger partial charge in [0.2, 0.25) is 5.91 Å². The number of amides is 1. The summed E-state index contributed by atoms with van der Waals surface area (Å²) < 4.78 is 5.17. The highest BCUT2D eigenvalue weighted by molar-refractivity contribution is 5.76. The number of rotatable bonds is 2. The lowest BCUT2D eigenvalue weighted by atomic mass is 10.1. The minimum absolute atomic E-state index is 0.199. The Morgan fingerprint density at radius 3 is 2.64 bits per heavy atom. The van der Waals surface area contributed by atoms with E-state index in [9.17, 15) is 4.79 Å². The van der Waals surface area contributed by atoms with E-state index >= 15 is 0 Å². The van der Waals surface area contributed by atoms with Gasteiger partial charge >= 0.3 is 0 Å². The first-order valence-electron chi connectivity index (χ1n) is 4.04. The summed E-state index contributed by atoms with van der Waals surface area (Å²) in [7, 11) is 1.84. The second-order valence-electron chi connectivity index (χ2n) is 2.96. The third-order valence-corrected chi connectivity index (χ3v) is 2.27. The highest BCUT2D eigenvalue weighted by Gasteiger charge is 2.33. The molecule has 0 bridgehead atoms. The monoisotopic (exact) mass is 157 g/mol. The van der Waals surface area contributed by atoms with Crippen LogP contribution in [0.15, 0.2) is 0 Å². The largest absolute Gasteiger partial charge is 0.374 e. The van der Waals surface area contributed by atoms with Crippen LogP contribution in [0.5, 0.6) is 0 Å². The van der Waals surface area contributed by atoms with Crippen LogP contribution in [0.2, 0.25) is 0 Å². The van der Waals surface area contributed by atoms with Crippen molar-refractivity contribution in [1.82, 2.24) is 4.90 Å². The molecule has 0 aromatic heterocycles. The van der Waals surface area contributed by atoms with Crippen molar-refractivity contribution in [3.8, 4) is 0 Å². The zero-order valence-corrected chi connectivity index (χ0v) is 7.33. The zero-order chi connectivity index (χ0) is 8.43. The Hall–Kier alpha value is -0.570. The summed E-state index contributed by atoms with van der Waals surface area (Å²) >= 11 is 0. The Balaban J connectivity index is 2.40. The van der Waals surface area contributed by atoms with Gasteiger partial charge in [-0.2, -0.15) is 0 Å². The van der Waals surface area contributed by atoms with Crippen molar-refractivity contribution >= 4 is 5.91 Å². The smallest absolute Gasteiger partial charge is 0.222 e. The Morgan fingerprint density at radius 1 is 1.73 bits per heavy atom. The molecule has 3 nitrogen and oxygen atoms in total. The van der Waals surface area contributed by atoms with Gasteiger partial charge in [0.15, 0.2) is 0 Å². The Bertz CT molecular complexity index is 158. The number of carbonyl (C=O) groups excluding carboxylic acids is 1. The summed E-state index contributed by atoms with van der Waals surface area (Å²) in [5, 5.41) is 0. The molecule has 11 heavy (non-hydrogen) atoms. The molecule has 0 spiro atoms. The topological polar surface area (TPSA) is 29.5 Å². The fourth-order valence-electron chi connectivity index (χ4n) is 1.24. The van der Waals surface area contributed by atoms with E-state index in [-0.39, 0.29) is 12.0 Å². The maximum absolute atomic E-state index is 11.2. The van der Waals surface area contributed by atoms with Crippen LogP contribution in [-0.2, 0) is 9.53 Å². The molecule has 1 aliphatic heterocycles. The molecule has 0 saturated carbocycles. The fourth-order valence-corrected chi connectivity index (χ4v) is 1.24. The molecule has 0 radical (unpaired) electrons. The van der Waals surface area contributed by atoms with E-state index in [1.807, 2.05) is 20.9 Å². The molecule has 1 saturated heterocycles. The maximum atomic E-state index is 11.2. The van der Waals surface area contributed by atoms with Crippen LogP contribution >= 0.6 is 0 Å². The zero-order valence-electron chi connectivity index (χ0n) is 7.33. The van der Waals surface area contributed by atoms with Gasteiger partial charge in [0.25, 0.3) is 0 Å². The highest BCUT2D eigenvalue weighted by Crippen LogP contribution is 2.17. The van der Waals surface area contributed by atoms with E-state index in [4.69, 9.17) is 4.74 Å². The Labute approximate surface area is 67.3 Å². The lowest BCUT2D eigenvalue weighted by Crippen LogP contribution is -2.55. The van der Waals surface area contributed by atoms with E-state index in [1.54, 1.807) is 4.90 Å². The molecular weight excluding hydrogens is 142 g/mol. The van der Waals surface area contributed by atoms with Crippen molar-refractivity contribution < 1.29 is 9.53 Å². The average molecular weight is 157 g/mol. The number of likely N-dealkylation sites (N-methyl/N-ethyl adjacent to an activating group) is 1. The van der Waals surface area contributed by atoms with E-state index in [0.29, 0.717) is 19.1 Å². The normalized spacial score (nSPS) is 29.4. The summed E-state index contributed by atoms with van der Waals surface area (Å²) in [6.45, 7) is 4.57. The van der Waals surface area contributed by atoms with Gasteiger partial charge in [0.1, 0.15) is 0 Å². The molecule has 0 aliphatic carbocycles. The molecule has 2 unspecified atom stereocenters. The van der Waals surface area contributed by atoms with Gasteiger partial charge in [-0.05, 0) is 6.92 Å². The van der Waals surface area contributed by atoms with Gasteiger partial charge in [-0.15, -0.1) is 0 Å². The minimum Gasteiger partial charge on any atom is -0.374 e. The minimum atomic E-state index is 0.199. The molecule has 1 heterocycles. The number of ether oxygens (including phenoxy) is 1. The van der Waals surface area contributed by atoms with Crippen LogP contribution in [0.25, 0.3) is 0 Å². The van der Waals surface area contributed by atoms with E-state index in [1.165, 1.54) is 0 Å². The summed E-state index contributed by atoms with van der Waals surface area (Å²) in [4.78, 5) is 12.9. The number of hydrogen-bond acceptors (Lipinski definition) is 2. The molecule has 0 aromatic rings. The van der Waals surface area contributed by atoms with Gasteiger partial charge in [-0.3, -0.25) is 4.79 Å². The van der Waals surface area contributed by atoms with Gasteiger partial charge < -0.3 is 9.64 Å². The second kappa shape index (κ2) is 3.22. The molecule has 1 fully saturated rings. The van der Waals surface area contributed by atoms with Crippen molar-refractivity contribution in [2.75, 3.05) is 13.7 Å². The van der Waals surface area contributed by atoms with Crippen LogP contribution < -0.4 is 0 Å². The molecule has 0 aromatic carbocycles. The third-order valence-electron chi connectivity index (χ3n) is 2.27. The van der Waals surface area contributed by atoms with Crippen LogP contribution in [0, 0.1) is 0 Å². The molecule has 0 N–H and O–H groups in total. The molecule has 3 heteroatoms. The molecule has 64 valence electrons. The predicted octanol–water partition coefficient (Wildman–Crippen LogP) is 0.642. The summed E-state index contributed by atoms with van der Waals surface area (Å²) in [6.07, 6.45) is 0.801.